The van der Waals surface area contributed by atoms with Crippen molar-refractivity contribution in [2.75, 3.05) is 33.0 Å². The van der Waals surface area contributed by atoms with Crippen LogP contribution in [0.4, 0.5) is 0 Å². The summed E-state index contributed by atoms with van der Waals surface area (Å²) in [6, 6.07) is 0. The van der Waals surface area contributed by atoms with Crippen LogP contribution in [0.25, 0.3) is 0 Å². The highest BCUT2D eigenvalue weighted by Gasteiger charge is 2.48. The van der Waals surface area contributed by atoms with E-state index in [2.05, 4.69) is 27.7 Å². The van der Waals surface area contributed by atoms with E-state index >= 15 is 0 Å². The van der Waals surface area contributed by atoms with E-state index in [1.54, 1.807) is 0 Å². The van der Waals surface area contributed by atoms with Crippen LogP contribution in [0.15, 0.2) is 0 Å². The van der Waals surface area contributed by atoms with Gasteiger partial charge < -0.3 is 23.7 Å². The van der Waals surface area contributed by atoms with Gasteiger partial charge in [-0.2, -0.15) is 0 Å². The van der Waals surface area contributed by atoms with Crippen LogP contribution in [0.2, 0.25) is 0 Å². The van der Waals surface area contributed by atoms with Gasteiger partial charge in [-0.1, -0.05) is 53.4 Å². The second-order valence-electron chi connectivity index (χ2n) is 7.43. The summed E-state index contributed by atoms with van der Waals surface area (Å²) >= 11 is 0. The van der Waals surface area contributed by atoms with Gasteiger partial charge in [0.05, 0.1) is 6.61 Å². The molecule has 1 heterocycles. The summed E-state index contributed by atoms with van der Waals surface area (Å²) in [5.74, 6) is -0.364. The summed E-state index contributed by atoms with van der Waals surface area (Å²) < 4.78 is 29.6. The third-order valence-corrected chi connectivity index (χ3v) is 4.82. The van der Waals surface area contributed by atoms with E-state index in [9.17, 15) is 4.79 Å². The number of carbonyl (C=O) groups excluding carboxylic acids is 1. The molecule has 1 aliphatic heterocycles. The fraction of sp³-hybridized carbons (Fsp3) is 0.955. The molecule has 4 atom stereocenters. The van der Waals surface area contributed by atoms with E-state index in [-0.39, 0.29) is 12.1 Å². The predicted octanol–water partition coefficient (Wildman–Crippen LogP) is 4.28. The first-order chi connectivity index (χ1) is 13.7. The van der Waals surface area contributed by atoms with Gasteiger partial charge in [0, 0.05) is 26.4 Å². The molecule has 0 spiro atoms. The first-order valence-corrected chi connectivity index (χ1v) is 11.3. The molecule has 1 saturated heterocycles. The van der Waals surface area contributed by atoms with Gasteiger partial charge in [-0.3, -0.25) is 0 Å². The molecular formula is C22H42O6. The Morgan fingerprint density at radius 1 is 0.714 bits per heavy atom. The monoisotopic (exact) mass is 402 g/mol. The average Bonchev–Trinajstić information content (AvgIpc) is 2.69. The SMILES string of the molecule is CCCCOCC1OC(=O)C(OCCCC)[C@@H](OCCCC)[C@@H]1OCCCC. The van der Waals surface area contributed by atoms with Gasteiger partial charge >= 0.3 is 5.97 Å². The molecular weight excluding hydrogens is 360 g/mol. The van der Waals surface area contributed by atoms with E-state index in [1.165, 1.54) is 0 Å². The maximum absolute atomic E-state index is 12.7. The molecule has 0 amide bonds. The van der Waals surface area contributed by atoms with Crippen molar-refractivity contribution in [1.29, 1.82) is 0 Å². The highest BCUT2D eigenvalue weighted by atomic mass is 16.6. The molecule has 1 aliphatic rings. The topological polar surface area (TPSA) is 63.2 Å². The van der Waals surface area contributed by atoms with Crippen molar-refractivity contribution >= 4 is 5.97 Å². The Balaban J connectivity index is 2.86. The van der Waals surface area contributed by atoms with Crippen LogP contribution >= 0.6 is 0 Å². The van der Waals surface area contributed by atoms with Crippen molar-refractivity contribution in [3.8, 4) is 0 Å². The second kappa shape index (κ2) is 16.1. The zero-order chi connectivity index (χ0) is 20.6. The minimum Gasteiger partial charge on any atom is -0.455 e. The maximum Gasteiger partial charge on any atom is 0.338 e. The Labute approximate surface area is 171 Å². The Kier molecular flexibility index (Phi) is 14.6. The molecule has 0 aromatic heterocycles. The molecule has 0 aromatic carbocycles. The molecule has 6 nitrogen and oxygen atoms in total. The molecule has 6 heteroatoms. The highest BCUT2D eigenvalue weighted by molar-refractivity contribution is 5.77. The lowest BCUT2D eigenvalue weighted by Crippen LogP contribution is -2.60. The Hall–Kier alpha value is -0.690. The molecule has 0 saturated carbocycles. The number of unbranched alkanes of at least 4 members (excludes halogenated alkanes) is 4. The van der Waals surface area contributed by atoms with Gasteiger partial charge in [-0.15, -0.1) is 0 Å². The van der Waals surface area contributed by atoms with Crippen LogP contribution in [0.3, 0.4) is 0 Å². The van der Waals surface area contributed by atoms with E-state index in [0.29, 0.717) is 33.0 Å². The summed E-state index contributed by atoms with van der Waals surface area (Å²) in [5.41, 5.74) is 0. The number of esters is 1. The van der Waals surface area contributed by atoms with Gasteiger partial charge in [0.15, 0.2) is 12.2 Å². The smallest absolute Gasteiger partial charge is 0.338 e. The third-order valence-electron chi connectivity index (χ3n) is 4.82. The highest BCUT2D eigenvalue weighted by Crippen LogP contribution is 2.26. The van der Waals surface area contributed by atoms with Crippen LogP contribution < -0.4 is 0 Å². The van der Waals surface area contributed by atoms with Crippen molar-refractivity contribution in [1.82, 2.24) is 0 Å². The fourth-order valence-electron chi connectivity index (χ4n) is 3.01. The number of carbonyl (C=O) groups is 1. The predicted molar refractivity (Wildman–Crippen MR) is 110 cm³/mol. The average molecular weight is 403 g/mol. The zero-order valence-electron chi connectivity index (χ0n) is 18.5. The lowest BCUT2D eigenvalue weighted by molar-refractivity contribution is -0.233. The fourth-order valence-corrected chi connectivity index (χ4v) is 3.01. The molecule has 1 fully saturated rings. The van der Waals surface area contributed by atoms with Crippen molar-refractivity contribution in [2.24, 2.45) is 0 Å². The first kappa shape index (κ1) is 25.3. The van der Waals surface area contributed by atoms with Gasteiger partial charge in [0.1, 0.15) is 12.2 Å². The second-order valence-corrected chi connectivity index (χ2v) is 7.43. The first-order valence-electron chi connectivity index (χ1n) is 11.3. The van der Waals surface area contributed by atoms with Crippen molar-refractivity contribution in [3.63, 3.8) is 0 Å². The number of rotatable bonds is 17. The van der Waals surface area contributed by atoms with Gasteiger partial charge in [-0.05, 0) is 25.7 Å². The van der Waals surface area contributed by atoms with Crippen LogP contribution in [0.5, 0.6) is 0 Å². The molecule has 0 aromatic rings. The lowest BCUT2D eigenvalue weighted by atomic mass is 9.98. The summed E-state index contributed by atoms with van der Waals surface area (Å²) in [4.78, 5) is 12.7. The van der Waals surface area contributed by atoms with Crippen LogP contribution in [0, 0.1) is 0 Å². The third kappa shape index (κ3) is 9.21. The molecule has 166 valence electrons. The van der Waals surface area contributed by atoms with E-state index in [0.717, 1.165) is 51.4 Å². The molecule has 2 unspecified atom stereocenters. The number of ether oxygens (including phenoxy) is 5. The molecule has 1 rings (SSSR count). The van der Waals surface area contributed by atoms with Crippen molar-refractivity contribution < 1.29 is 28.5 Å². The summed E-state index contributed by atoms with van der Waals surface area (Å²) in [5, 5.41) is 0. The van der Waals surface area contributed by atoms with Crippen LogP contribution in [-0.4, -0.2) is 63.4 Å². The van der Waals surface area contributed by atoms with Crippen LogP contribution in [0.1, 0.15) is 79.1 Å². The Morgan fingerprint density at radius 3 is 1.79 bits per heavy atom. The largest absolute Gasteiger partial charge is 0.455 e. The van der Waals surface area contributed by atoms with E-state index in [4.69, 9.17) is 23.7 Å². The molecule has 0 N–H and O–H groups in total. The van der Waals surface area contributed by atoms with Gasteiger partial charge in [0.2, 0.25) is 0 Å². The van der Waals surface area contributed by atoms with Gasteiger partial charge in [0.25, 0.3) is 0 Å². The van der Waals surface area contributed by atoms with E-state index < -0.39 is 18.3 Å². The Bertz CT molecular complexity index is 389. The molecule has 0 aliphatic carbocycles. The molecule has 0 bridgehead atoms. The Morgan fingerprint density at radius 2 is 1.21 bits per heavy atom. The zero-order valence-corrected chi connectivity index (χ0v) is 18.5. The normalized spacial score (nSPS) is 25.1. The summed E-state index contributed by atoms with van der Waals surface area (Å²) in [7, 11) is 0. The lowest BCUT2D eigenvalue weighted by Gasteiger charge is -2.41. The molecule has 28 heavy (non-hydrogen) atoms. The minimum atomic E-state index is -0.734. The minimum absolute atomic E-state index is 0.331. The van der Waals surface area contributed by atoms with E-state index in [1.807, 2.05) is 0 Å². The van der Waals surface area contributed by atoms with Crippen molar-refractivity contribution in [3.05, 3.63) is 0 Å². The van der Waals surface area contributed by atoms with Crippen molar-refractivity contribution in [2.45, 2.75) is 103 Å². The maximum atomic E-state index is 12.7. The summed E-state index contributed by atoms with van der Waals surface area (Å²) in [6.45, 7) is 11.2. The standard InChI is InChI=1S/C22H42O6/c1-5-9-13-24-17-18-19(25-14-10-6-2)20(26-15-11-7-3)21(22(23)28-18)27-16-12-8-4/h18-21H,5-17H2,1-4H3/t18?,19-,20+,21?/m1/s1. The quantitative estimate of drug-likeness (QED) is 0.267. The molecule has 0 radical (unpaired) electrons. The van der Waals surface area contributed by atoms with Crippen LogP contribution in [-0.2, 0) is 28.5 Å². The number of cyclic esters (lactones) is 1. The number of hydrogen-bond donors (Lipinski definition) is 0. The summed E-state index contributed by atoms with van der Waals surface area (Å²) in [6.07, 6.45) is 5.91. The van der Waals surface area contributed by atoms with Gasteiger partial charge in [-0.25, -0.2) is 4.79 Å². The number of hydrogen-bond acceptors (Lipinski definition) is 6.